The third kappa shape index (κ3) is 4.49. The Balaban J connectivity index is 2.70. The third-order valence-electron chi connectivity index (χ3n) is 3.23. The lowest BCUT2D eigenvalue weighted by atomic mass is 9.89. The van der Waals surface area contributed by atoms with Gasteiger partial charge in [-0.3, -0.25) is 0 Å². The van der Waals surface area contributed by atoms with Crippen LogP contribution in [0.2, 0.25) is 0 Å². The zero-order chi connectivity index (χ0) is 12.8. The summed E-state index contributed by atoms with van der Waals surface area (Å²) in [5.41, 5.74) is 8.18. The summed E-state index contributed by atoms with van der Waals surface area (Å²) in [5.74, 6) is 0.689. The molecule has 0 aliphatic heterocycles. The second-order valence-corrected chi connectivity index (χ2v) is 5.29. The van der Waals surface area contributed by atoms with Crippen LogP contribution >= 0.6 is 0 Å². The number of aryl methyl sites for hydroxylation is 1. The van der Waals surface area contributed by atoms with E-state index in [2.05, 4.69) is 39.0 Å². The summed E-state index contributed by atoms with van der Waals surface area (Å²) in [4.78, 5) is 0. The molecule has 17 heavy (non-hydrogen) atoms. The molecule has 0 aromatic heterocycles. The van der Waals surface area contributed by atoms with Gasteiger partial charge >= 0.3 is 0 Å². The van der Waals surface area contributed by atoms with E-state index in [-0.39, 0.29) is 12.0 Å². The van der Waals surface area contributed by atoms with Crippen molar-refractivity contribution in [1.82, 2.24) is 0 Å². The Labute approximate surface area is 105 Å². The molecule has 1 rings (SSSR count). The van der Waals surface area contributed by atoms with Crippen molar-refractivity contribution >= 4 is 0 Å². The van der Waals surface area contributed by atoms with Gasteiger partial charge in [-0.1, -0.05) is 43.7 Å². The fraction of sp³-hybridized carbons (Fsp3) is 0.600. The van der Waals surface area contributed by atoms with Gasteiger partial charge in [0.05, 0.1) is 6.10 Å². The molecule has 1 aromatic rings. The monoisotopic (exact) mass is 235 g/mol. The fourth-order valence-electron chi connectivity index (χ4n) is 2.12. The minimum absolute atomic E-state index is 0.0636. The van der Waals surface area contributed by atoms with Gasteiger partial charge < -0.3 is 10.8 Å². The normalized spacial score (nSPS) is 14.9. The second kappa shape index (κ2) is 6.77. The van der Waals surface area contributed by atoms with Gasteiger partial charge in [-0.15, -0.1) is 0 Å². The predicted octanol–water partition coefficient (Wildman–Crippen LogP) is 2.83. The molecule has 0 fully saturated rings. The van der Waals surface area contributed by atoms with Crippen molar-refractivity contribution in [3.05, 3.63) is 35.4 Å². The van der Waals surface area contributed by atoms with E-state index >= 15 is 0 Å². The number of nitrogens with two attached hydrogens (primary N) is 1. The Bertz CT molecular complexity index is 335. The molecule has 3 N–H and O–H groups in total. The summed E-state index contributed by atoms with van der Waals surface area (Å²) in [6.45, 7) is 6.92. The molecule has 2 unspecified atom stereocenters. The van der Waals surface area contributed by atoms with Crippen LogP contribution in [-0.2, 0) is 0 Å². The molecule has 0 saturated carbocycles. The highest BCUT2D eigenvalue weighted by molar-refractivity contribution is 5.26. The Morgan fingerprint density at radius 1 is 1.24 bits per heavy atom. The summed E-state index contributed by atoms with van der Waals surface area (Å²) in [5, 5.41) is 10.2. The molecular formula is C15H25NO. The van der Waals surface area contributed by atoms with Gasteiger partial charge in [0.2, 0.25) is 0 Å². The first-order valence-electron chi connectivity index (χ1n) is 6.49. The molecule has 0 aliphatic rings. The number of aliphatic hydroxyl groups excluding tert-OH is 1. The van der Waals surface area contributed by atoms with E-state index in [1.807, 2.05) is 6.07 Å². The van der Waals surface area contributed by atoms with Gasteiger partial charge in [0, 0.05) is 12.5 Å². The quantitative estimate of drug-likeness (QED) is 0.796. The van der Waals surface area contributed by atoms with E-state index in [0.29, 0.717) is 12.5 Å². The molecule has 2 heteroatoms. The molecule has 0 amide bonds. The van der Waals surface area contributed by atoms with Gasteiger partial charge in [-0.25, -0.2) is 0 Å². The summed E-state index contributed by atoms with van der Waals surface area (Å²) >= 11 is 0. The van der Waals surface area contributed by atoms with E-state index in [0.717, 1.165) is 18.4 Å². The molecule has 2 atom stereocenters. The number of rotatable bonds is 6. The van der Waals surface area contributed by atoms with Crippen molar-refractivity contribution in [2.45, 2.75) is 45.6 Å². The highest BCUT2D eigenvalue weighted by Gasteiger charge is 2.19. The zero-order valence-electron chi connectivity index (χ0n) is 11.2. The Morgan fingerprint density at radius 2 is 1.94 bits per heavy atom. The Hall–Kier alpha value is -0.860. The topological polar surface area (TPSA) is 46.2 Å². The highest BCUT2D eigenvalue weighted by atomic mass is 16.3. The number of benzene rings is 1. The fourth-order valence-corrected chi connectivity index (χ4v) is 2.12. The molecule has 0 bridgehead atoms. The van der Waals surface area contributed by atoms with Crippen LogP contribution in [-0.4, -0.2) is 17.8 Å². The van der Waals surface area contributed by atoms with Gasteiger partial charge in [0.1, 0.15) is 0 Å². The Kier molecular flexibility index (Phi) is 5.66. The zero-order valence-corrected chi connectivity index (χ0v) is 11.2. The molecule has 1 aromatic carbocycles. The van der Waals surface area contributed by atoms with E-state index < -0.39 is 0 Å². The lowest BCUT2D eigenvalue weighted by molar-refractivity contribution is 0.129. The van der Waals surface area contributed by atoms with Crippen molar-refractivity contribution in [2.24, 2.45) is 11.7 Å². The first-order valence-corrected chi connectivity index (χ1v) is 6.49. The van der Waals surface area contributed by atoms with Crippen LogP contribution in [0.15, 0.2) is 24.3 Å². The smallest absolute Gasteiger partial charge is 0.0621 e. The van der Waals surface area contributed by atoms with E-state index in [1.54, 1.807) is 0 Å². The average Bonchev–Trinajstić information content (AvgIpc) is 2.27. The number of hydrogen-bond acceptors (Lipinski definition) is 2. The van der Waals surface area contributed by atoms with Crippen LogP contribution in [0.5, 0.6) is 0 Å². The van der Waals surface area contributed by atoms with Crippen LogP contribution < -0.4 is 5.73 Å². The molecule has 96 valence electrons. The molecule has 2 nitrogen and oxygen atoms in total. The van der Waals surface area contributed by atoms with Crippen LogP contribution in [0.1, 0.15) is 43.7 Å². The Morgan fingerprint density at radius 3 is 2.47 bits per heavy atom. The molecule has 0 radical (unpaired) electrons. The first-order chi connectivity index (χ1) is 8.04. The minimum atomic E-state index is -0.329. The number of aliphatic hydroxyl groups is 1. The summed E-state index contributed by atoms with van der Waals surface area (Å²) < 4.78 is 0. The van der Waals surface area contributed by atoms with E-state index in [4.69, 9.17) is 5.73 Å². The van der Waals surface area contributed by atoms with Crippen molar-refractivity contribution in [2.75, 3.05) is 6.54 Å². The van der Waals surface area contributed by atoms with Gasteiger partial charge in [-0.2, -0.15) is 0 Å². The van der Waals surface area contributed by atoms with Crippen molar-refractivity contribution in [3.8, 4) is 0 Å². The van der Waals surface area contributed by atoms with Gasteiger partial charge in [0.25, 0.3) is 0 Å². The van der Waals surface area contributed by atoms with Crippen LogP contribution in [0, 0.1) is 12.8 Å². The third-order valence-corrected chi connectivity index (χ3v) is 3.23. The molecule has 0 spiro atoms. The lowest BCUT2D eigenvalue weighted by Crippen LogP contribution is -2.26. The van der Waals surface area contributed by atoms with Crippen molar-refractivity contribution in [3.63, 3.8) is 0 Å². The van der Waals surface area contributed by atoms with Gasteiger partial charge in [0.15, 0.2) is 0 Å². The standard InChI is InChI=1S/C15H25NO/c1-11(2)7-8-15(17)14(10-16)13-6-4-5-12(3)9-13/h4-6,9,11,14-15,17H,7-8,10,16H2,1-3H3. The maximum absolute atomic E-state index is 10.2. The van der Waals surface area contributed by atoms with E-state index in [1.165, 1.54) is 5.56 Å². The van der Waals surface area contributed by atoms with Crippen molar-refractivity contribution < 1.29 is 5.11 Å². The molecule has 0 saturated heterocycles. The lowest BCUT2D eigenvalue weighted by Gasteiger charge is -2.23. The van der Waals surface area contributed by atoms with Crippen molar-refractivity contribution in [1.29, 1.82) is 0 Å². The molecule has 0 aliphatic carbocycles. The van der Waals surface area contributed by atoms with Gasteiger partial charge in [-0.05, 0) is 31.2 Å². The second-order valence-electron chi connectivity index (χ2n) is 5.29. The van der Waals surface area contributed by atoms with Crippen LogP contribution in [0.25, 0.3) is 0 Å². The van der Waals surface area contributed by atoms with E-state index in [9.17, 15) is 5.11 Å². The average molecular weight is 235 g/mol. The predicted molar refractivity (Wildman–Crippen MR) is 73.1 cm³/mol. The number of hydrogen-bond donors (Lipinski definition) is 2. The van der Waals surface area contributed by atoms with Crippen LogP contribution in [0.4, 0.5) is 0 Å². The molecule has 0 heterocycles. The first kappa shape index (κ1) is 14.2. The minimum Gasteiger partial charge on any atom is -0.392 e. The largest absolute Gasteiger partial charge is 0.392 e. The maximum atomic E-state index is 10.2. The molecular weight excluding hydrogens is 210 g/mol. The SMILES string of the molecule is Cc1cccc(C(CN)C(O)CCC(C)C)c1. The summed E-state index contributed by atoms with van der Waals surface area (Å²) in [6, 6.07) is 8.28. The summed E-state index contributed by atoms with van der Waals surface area (Å²) in [6.07, 6.45) is 1.54. The maximum Gasteiger partial charge on any atom is 0.0621 e. The summed E-state index contributed by atoms with van der Waals surface area (Å²) in [7, 11) is 0. The highest BCUT2D eigenvalue weighted by Crippen LogP contribution is 2.23. The van der Waals surface area contributed by atoms with Crippen LogP contribution in [0.3, 0.4) is 0 Å².